The predicted molar refractivity (Wildman–Crippen MR) is 163 cm³/mol. The van der Waals surface area contributed by atoms with Crippen LogP contribution in [0.3, 0.4) is 0 Å². The number of hydrogen-bond donors (Lipinski definition) is 0. The van der Waals surface area contributed by atoms with Crippen molar-refractivity contribution in [1.29, 1.82) is 0 Å². The lowest BCUT2D eigenvalue weighted by Gasteiger charge is -2.15. The minimum absolute atomic E-state index is 0.111. The van der Waals surface area contributed by atoms with Crippen LogP contribution in [0.4, 0.5) is 0 Å². The molecule has 0 saturated carbocycles. The first-order valence-corrected chi connectivity index (χ1v) is 14.1. The summed E-state index contributed by atoms with van der Waals surface area (Å²) < 4.78 is 18.7. The molecule has 1 aromatic heterocycles. The van der Waals surface area contributed by atoms with Gasteiger partial charge >= 0.3 is 0 Å². The summed E-state index contributed by atoms with van der Waals surface area (Å²) in [6.07, 6.45) is 4.45. The molecule has 5 rings (SSSR count). The van der Waals surface area contributed by atoms with E-state index in [1.165, 1.54) is 11.8 Å². The number of carbonyl (C=O) groups is 1. The number of methoxy groups -OCH3 is 2. The van der Waals surface area contributed by atoms with Gasteiger partial charge in [-0.1, -0.05) is 48.2 Å². The Morgan fingerprint density at radius 2 is 1.73 bits per heavy atom. The zero-order valence-electron chi connectivity index (χ0n) is 22.5. The van der Waals surface area contributed by atoms with Gasteiger partial charge < -0.3 is 14.2 Å². The molecule has 2 heterocycles. The molecule has 1 saturated heterocycles. The topological polar surface area (TPSA) is 65.8 Å². The number of thiocarbonyl (C=S) groups is 1. The van der Waals surface area contributed by atoms with E-state index < -0.39 is 0 Å². The molecular formula is C31H29N3O4S2. The third-order valence-electron chi connectivity index (χ3n) is 6.43. The van der Waals surface area contributed by atoms with E-state index in [2.05, 4.69) is 0 Å². The number of para-hydroxylation sites is 1. The van der Waals surface area contributed by atoms with E-state index in [0.717, 1.165) is 33.8 Å². The highest BCUT2D eigenvalue weighted by Gasteiger charge is 2.32. The van der Waals surface area contributed by atoms with Crippen LogP contribution in [0.25, 0.3) is 23.0 Å². The van der Waals surface area contributed by atoms with Crippen LogP contribution in [-0.4, -0.2) is 52.3 Å². The molecule has 0 unspecified atom stereocenters. The maximum absolute atomic E-state index is 13.5. The normalized spacial score (nSPS) is 14.2. The summed E-state index contributed by atoms with van der Waals surface area (Å²) in [5.41, 5.74) is 4.47. The van der Waals surface area contributed by atoms with E-state index in [1.807, 2.05) is 96.7 Å². The fourth-order valence-corrected chi connectivity index (χ4v) is 5.72. The van der Waals surface area contributed by atoms with Crippen LogP contribution >= 0.6 is 24.0 Å². The molecule has 1 aliphatic heterocycles. The summed E-state index contributed by atoms with van der Waals surface area (Å²) in [6.45, 7) is 3.02. The van der Waals surface area contributed by atoms with Crippen molar-refractivity contribution < 1.29 is 19.0 Å². The number of aromatic nitrogens is 2. The van der Waals surface area contributed by atoms with Gasteiger partial charge in [0.25, 0.3) is 5.91 Å². The second-order valence-corrected chi connectivity index (χ2v) is 10.6. The second kappa shape index (κ2) is 12.4. The number of rotatable bonds is 10. The summed E-state index contributed by atoms with van der Waals surface area (Å²) in [6, 6.07) is 23.5. The highest BCUT2D eigenvalue weighted by Crippen LogP contribution is 2.36. The summed E-state index contributed by atoms with van der Waals surface area (Å²) in [7, 11) is 3.21. The molecule has 40 heavy (non-hydrogen) atoms. The first-order valence-electron chi connectivity index (χ1n) is 12.8. The number of nitrogens with zero attached hydrogens (tertiary/aromatic N) is 3. The summed E-state index contributed by atoms with van der Waals surface area (Å²) >= 11 is 6.92. The molecule has 9 heteroatoms. The van der Waals surface area contributed by atoms with Crippen molar-refractivity contribution in [3.8, 4) is 34.2 Å². The van der Waals surface area contributed by atoms with Crippen molar-refractivity contribution in [2.24, 2.45) is 0 Å². The molecule has 3 aromatic carbocycles. The fraction of sp³-hybridized carbons (Fsp3) is 0.194. The standard InChI is InChI=1S/C31H29N3O4S2/c1-4-38-25-13-11-22(12-14-25)29-23(20-34(32-29)24-8-6-5-7-9-24)19-28-30(35)33(31(39)40-28)17-16-21-10-15-26(36-2)27(18-21)37-3/h5-15,18-20H,4,16-17H2,1-3H3/b28-19+. The number of carbonyl (C=O) groups excluding carboxylic acids is 1. The highest BCUT2D eigenvalue weighted by atomic mass is 32.2. The Morgan fingerprint density at radius 3 is 2.42 bits per heavy atom. The summed E-state index contributed by atoms with van der Waals surface area (Å²) in [4.78, 5) is 15.7. The quantitative estimate of drug-likeness (QED) is 0.161. The Labute approximate surface area is 243 Å². The monoisotopic (exact) mass is 571 g/mol. The maximum atomic E-state index is 13.5. The zero-order valence-corrected chi connectivity index (χ0v) is 24.1. The highest BCUT2D eigenvalue weighted by molar-refractivity contribution is 8.26. The Balaban J connectivity index is 1.42. The van der Waals surface area contributed by atoms with Gasteiger partial charge in [0.05, 0.1) is 37.1 Å². The predicted octanol–water partition coefficient (Wildman–Crippen LogP) is 6.40. The van der Waals surface area contributed by atoms with Crippen molar-refractivity contribution in [3.63, 3.8) is 0 Å². The molecule has 4 aromatic rings. The molecular weight excluding hydrogens is 542 g/mol. The second-order valence-electron chi connectivity index (χ2n) is 8.94. The Bertz CT molecular complexity index is 1550. The van der Waals surface area contributed by atoms with Gasteiger partial charge in [0, 0.05) is 23.9 Å². The number of ether oxygens (including phenoxy) is 3. The average Bonchev–Trinajstić information content (AvgIpc) is 3.52. The van der Waals surface area contributed by atoms with Crippen LogP contribution in [0.5, 0.6) is 17.2 Å². The van der Waals surface area contributed by atoms with Gasteiger partial charge in [0.15, 0.2) is 11.5 Å². The van der Waals surface area contributed by atoms with Crippen LogP contribution in [0.2, 0.25) is 0 Å². The Morgan fingerprint density at radius 1 is 0.975 bits per heavy atom. The lowest BCUT2D eigenvalue weighted by molar-refractivity contribution is -0.122. The van der Waals surface area contributed by atoms with Crippen molar-refractivity contribution in [2.45, 2.75) is 13.3 Å². The summed E-state index contributed by atoms with van der Waals surface area (Å²) in [5.74, 6) is 2.01. The van der Waals surface area contributed by atoms with Gasteiger partial charge in [0.1, 0.15) is 10.1 Å². The molecule has 0 N–H and O–H groups in total. The third kappa shape index (κ3) is 5.90. The van der Waals surface area contributed by atoms with Gasteiger partial charge in [-0.15, -0.1) is 0 Å². The number of thioether (sulfide) groups is 1. The van der Waals surface area contributed by atoms with E-state index in [4.69, 9.17) is 31.5 Å². The van der Waals surface area contributed by atoms with Crippen molar-refractivity contribution in [2.75, 3.05) is 27.4 Å². The van der Waals surface area contributed by atoms with Crippen molar-refractivity contribution >= 4 is 40.3 Å². The minimum Gasteiger partial charge on any atom is -0.494 e. The first-order chi connectivity index (χ1) is 19.5. The molecule has 1 aliphatic rings. The van der Waals surface area contributed by atoms with Crippen molar-refractivity contribution in [1.82, 2.24) is 14.7 Å². The molecule has 0 aliphatic carbocycles. The van der Waals surface area contributed by atoms with Gasteiger partial charge in [-0.3, -0.25) is 9.69 Å². The zero-order chi connectivity index (χ0) is 28.1. The van der Waals surface area contributed by atoms with E-state index in [9.17, 15) is 4.79 Å². The Hall–Kier alpha value is -4.08. The molecule has 0 spiro atoms. The number of benzene rings is 3. The number of hydrogen-bond acceptors (Lipinski definition) is 7. The van der Waals surface area contributed by atoms with E-state index >= 15 is 0 Å². The third-order valence-corrected chi connectivity index (χ3v) is 7.81. The maximum Gasteiger partial charge on any atom is 0.266 e. The van der Waals surface area contributed by atoms with E-state index in [0.29, 0.717) is 40.3 Å². The smallest absolute Gasteiger partial charge is 0.266 e. The van der Waals surface area contributed by atoms with E-state index in [-0.39, 0.29) is 5.91 Å². The minimum atomic E-state index is -0.111. The molecule has 1 amide bonds. The molecule has 0 radical (unpaired) electrons. The van der Waals surface area contributed by atoms with Crippen LogP contribution in [0.15, 0.2) is 83.9 Å². The van der Waals surface area contributed by atoms with E-state index in [1.54, 1.807) is 19.1 Å². The lowest BCUT2D eigenvalue weighted by atomic mass is 10.1. The van der Waals surface area contributed by atoms with Crippen LogP contribution in [-0.2, 0) is 11.2 Å². The van der Waals surface area contributed by atoms with Gasteiger partial charge in [-0.05, 0) is 73.5 Å². The fourth-order valence-electron chi connectivity index (χ4n) is 4.42. The molecule has 0 bridgehead atoms. The largest absolute Gasteiger partial charge is 0.494 e. The first kappa shape index (κ1) is 27.5. The molecule has 0 atom stereocenters. The number of amides is 1. The van der Waals surface area contributed by atoms with Crippen LogP contribution in [0, 0.1) is 0 Å². The Kier molecular flexibility index (Phi) is 8.52. The van der Waals surface area contributed by atoms with Gasteiger partial charge in [-0.25, -0.2) is 4.68 Å². The summed E-state index contributed by atoms with van der Waals surface area (Å²) in [5, 5.41) is 4.88. The molecule has 204 valence electrons. The van der Waals surface area contributed by atoms with Gasteiger partial charge in [-0.2, -0.15) is 5.10 Å². The molecule has 7 nitrogen and oxygen atoms in total. The SMILES string of the molecule is CCOc1ccc(-c2nn(-c3ccccc3)cc2/C=C2/SC(=S)N(CCc3ccc(OC)c(OC)c3)C2=O)cc1. The molecule has 1 fully saturated rings. The average molecular weight is 572 g/mol. The van der Waals surface area contributed by atoms with Crippen LogP contribution in [0.1, 0.15) is 18.1 Å². The van der Waals surface area contributed by atoms with Crippen LogP contribution < -0.4 is 14.2 Å². The van der Waals surface area contributed by atoms with Crippen molar-refractivity contribution in [3.05, 3.63) is 95.0 Å². The van der Waals surface area contributed by atoms with Gasteiger partial charge in [0.2, 0.25) is 0 Å². The lowest BCUT2D eigenvalue weighted by Crippen LogP contribution is -2.30.